The maximum atomic E-state index is 10.8. The second-order valence-corrected chi connectivity index (χ2v) is 7.69. The highest BCUT2D eigenvalue weighted by molar-refractivity contribution is 7.17. The minimum atomic E-state index is -0.254. The summed E-state index contributed by atoms with van der Waals surface area (Å²) in [5.41, 5.74) is 1.01. The Balaban J connectivity index is 1.81. The fraction of sp³-hybridized carbons (Fsp3) is 0.444. The first-order valence-corrected chi connectivity index (χ1v) is 9.70. The number of likely N-dealkylation sites (tertiary alicyclic amines) is 1. The second-order valence-electron chi connectivity index (χ2n) is 6.68. The number of aliphatic hydroxyl groups is 1. The van der Waals surface area contributed by atoms with Gasteiger partial charge >= 0.3 is 0 Å². The van der Waals surface area contributed by atoms with Crippen molar-refractivity contribution in [3.05, 3.63) is 35.0 Å². The summed E-state index contributed by atoms with van der Waals surface area (Å²) < 4.78 is 12.3. The van der Waals surface area contributed by atoms with Crippen LogP contribution in [-0.4, -0.2) is 58.2 Å². The number of ether oxygens (including phenoxy) is 2. The lowest BCUT2D eigenvalue weighted by Crippen LogP contribution is -3.13. The third-order valence-electron chi connectivity index (χ3n) is 5.15. The molecule has 0 aliphatic carbocycles. The maximum Gasteiger partial charge on any atom is 0.235 e. The van der Waals surface area contributed by atoms with Crippen molar-refractivity contribution in [1.82, 2.24) is 14.6 Å². The highest BCUT2D eigenvalue weighted by atomic mass is 32.1. The Labute approximate surface area is 160 Å². The number of quaternary nitrogens is 1. The summed E-state index contributed by atoms with van der Waals surface area (Å²) in [7, 11) is 3.22. The molecule has 8 nitrogen and oxygen atoms in total. The molecule has 0 unspecified atom stereocenters. The summed E-state index contributed by atoms with van der Waals surface area (Å²) in [5, 5.41) is 24.8. The number of aliphatic hydroxyl groups excluding tert-OH is 1. The Kier molecular flexibility index (Phi) is 4.90. The topological polar surface area (TPSA) is 93.6 Å². The zero-order valence-corrected chi connectivity index (χ0v) is 16.1. The number of methoxy groups -OCH3 is 2. The number of piperidine rings is 1. The van der Waals surface area contributed by atoms with Gasteiger partial charge in [-0.3, -0.25) is 0 Å². The third-order valence-corrected chi connectivity index (χ3v) is 6.25. The number of rotatable bonds is 5. The Bertz CT molecular complexity index is 933. The summed E-state index contributed by atoms with van der Waals surface area (Å²) >= 11 is 1.44. The van der Waals surface area contributed by atoms with Crippen LogP contribution in [0, 0.1) is 0 Å². The SMILES string of the molecule is COc1ccc([C@H](c2sc3ncnn3c2O)[NH+]2CCC(O)CC2)cc1OC. The van der Waals surface area contributed by atoms with Gasteiger partial charge in [0.05, 0.1) is 33.4 Å². The standard InChI is InChI=1S/C18H22N4O4S/c1-25-13-4-3-11(9-14(13)26-2)15(21-7-5-12(23)6-8-21)16-17(24)22-18(27-16)19-10-20-22/h3-4,9-10,12,15,23-24H,5-8H2,1-2H3/p+1/t15-/m1/s1. The van der Waals surface area contributed by atoms with Crippen molar-refractivity contribution >= 4 is 16.3 Å². The molecule has 0 spiro atoms. The fourth-order valence-corrected chi connectivity index (χ4v) is 4.86. The number of thiazole rings is 1. The number of nitrogens with one attached hydrogen (secondary N) is 1. The van der Waals surface area contributed by atoms with Crippen LogP contribution in [0.25, 0.3) is 4.96 Å². The summed E-state index contributed by atoms with van der Waals surface area (Å²) in [6.07, 6.45) is 2.65. The lowest BCUT2D eigenvalue weighted by Gasteiger charge is -2.33. The van der Waals surface area contributed by atoms with Crippen LogP contribution in [0.4, 0.5) is 0 Å². The van der Waals surface area contributed by atoms with Crippen LogP contribution in [0.3, 0.4) is 0 Å². The number of hydrogen-bond donors (Lipinski definition) is 3. The highest BCUT2D eigenvalue weighted by Gasteiger charge is 2.35. The van der Waals surface area contributed by atoms with E-state index in [9.17, 15) is 10.2 Å². The lowest BCUT2D eigenvalue weighted by molar-refractivity contribution is -0.931. The highest BCUT2D eigenvalue weighted by Crippen LogP contribution is 2.37. The van der Waals surface area contributed by atoms with Crippen LogP contribution in [-0.2, 0) is 0 Å². The average molecular weight is 391 g/mol. The van der Waals surface area contributed by atoms with Crippen molar-refractivity contribution in [2.45, 2.75) is 25.0 Å². The molecule has 1 saturated heterocycles. The predicted octanol–water partition coefficient (Wildman–Crippen LogP) is 0.643. The first-order valence-electron chi connectivity index (χ1n) is 8.88. The number of fused-ring (bicyclic) bond motifs is 1. The molecule has 1 aliphatic heterocycles. The molecule has 1 fully saturated rings. The zero-order valence-electron chi connectivity index (χ0n) is 15.3. The minimum absolute atomic E-state index is 0.106. The summed E-state index contributed by atoms with van der Waals surface area (Å²) in [4.78, 5) is 6.96. The number of hydrogen-bond acceptors (Lipinski definition) is 7. The first kappa shape index (κ1) is 18.0. The van der Waals surface area contributed by atoms with Gasteiger partial charge in [-0.15, -0.1) is 0 Å². The molecule has 9 heteroatoms. The van der Waals surface area contributed by atoms with Gasteiger partial charge in [-0.1, -0.05) is 11.3 Å². The third kappa shape index (κ3) is 3.22. The smallest absolute Gasteiger partial charge is 0.235 e. The number of nitrogens with zero attached hydrogens (tertiary/aromatic N) is 3. The van der Waals surface area contributed by atoms with E-state index in [1.807, 2.05) is 18.2 Å². The Morgan fingerprint density at radius 3 is 2.63 bits per heavy atom. The van der Waals surface area contributed by atoms with Gasteiger partial charge in [-0.25, -0.2) is 4.98 Å². The van der Waals surface area contributed by atoms with Gasteiger partial charge in [-0.2, -0.15) is 9.61 Å². The minimum Gasteiger partial charge on any atom is -0.493 e. The molecule has 3 N–H and O–H groups in total. The normalized spacial score (nSPS) is 21.3. The monoisotopic (exact) mass is 391 g/mol. The predicted molar refractivity (Wildman–Crippen MR) is 99.9 cm³/mol. The molecule has 4 rings (SSSR count). The van der Waals surface area contributed by atoms with Crippen molar-refractivity contribution < 1.29 is 24.6 Å². The molecular weight excluding hydrogens is 368 g/mol. The molecule has 2 aromatic heterocycles. The second kappa shape index (κ2) is 7.34. The number of aromatic hydroxyl groups is 1. The molecule has 0 amide bonds. The van der Waals surface area contributed by atoms with Crippen molar-refractivity contribution in [2.75, 3.05) is 27.3 Å². The molecular formula is C18H23N4O4S+. The van der Waals surface area contributed by atoms with Crippen LogP contribution < -0.4 is 14.4 Å². The fourth-order valence-electron chi connectivity index (χ4n) is 3.75. The summed E-state index contributed by atoms with van der Waals surface area (Å²) in [6.45, 7) is 1.63. The average Bonchev–Trinajstić information content (AvgIpc) is 3.27. The first-order chi connectivity index (χ1) is 13.1. The molecule has 3 heterocycles. The van der Waals surface area contributed by atoms with E-state index in [4.69, 9.17) is 9.47 Å². The largest absolute Gasteiger partial charge is 0.493 e. The summed E-state index contributed by atoms with van der Waals surface area (Å²) in [6, 6.07) is 5.73. The molecule has 1 aromatic carbocycles. The Morgan fingerprint density at radius 2 is 1.96 bits per heavy atom. The van der Waals surface area contributed by atoms with Crippen LogP contribution in [0.1, 0.15) is 29.3 Å². The van der Waals surface area contributed by atoms with Crippen molar-refractivity contribution in [3.63, 3.8) is 0 Å². The molecule has 3 aromatic rings. The Morgan fingerprint density at radius 1 is 1.22 bits per heavy atom. The van der Waals surface area contributed by atoms with Gasteiger partial charge < -0.3 is 24.6 Å². The Hall–Kier alpha value is -2.36. The molecule has 0 saturated carbocycles. The van der Waals surface area contributed by atoms with E-state index in [0.717, 1.165) is 36.4 Å². The van der Waals surface area contributed by atoms with Gasteiger partial charge in [0.25, 0.3) is 0 Å². The van der Waals surface area contributed by atoms with Gasteiger partial charge in [0.1, 0.15) is 11.2 Å². The molecule has 27 heavy (non-hydrogen) atoms. The molecule has 1 aliphatic rings. The maximum absolute atomic E-state index is 10.8. The molecule has 0 radical (unpaired) electrons. The van der Waals surface area contributed by atoms with Crippen molar-refractivity contribution in [3.8, 4) is 17.4 Å². The zero-order chi connectivity index (χ0) is 19.0. The number of aromatic nitrogens is 3. The van der Waals surface area contributed by atoms with Gasteiger partial charge in [-0.05, 0) is 18.2 Å². The van der Waals surface area contributed by atoms with E-state index in [1.165, 1.54) is 27.1 Å². The van der Waals surface area contributed by atoms with Gasteiger partial charge in [0.2, 0.25) is 10.8 Å². The van der Waals surface area contributed by atoms with Gasteiger partial charge in [0, 0.05) is 18.4 Å². The van der Waals surface area contributed by atoms with Crippen LogP contribution in [0.5, 0.6) is 17.4 Å². The van der Waals surface area contributed by atoms with E-state index < -0.39 is 0 Å². The van der Waals surface area contributed by atoms with Crippen molar-refractivity contribution in [1.29, 1.82) is 0 Å². The summed E-state index contributed by atoms with van der Waals surface area (Å²) in [5.74, 6) is 1.43. The van der Waals surface area contributed by atoms with Gasteiger partial charge in [0.15, 0.2) is 17.5 Å². The van der Waals surface area contributed by atoms with E-state index in [-0.39, 0.29) is 18.0 Å². The van der Waals surface area contributed by atoms with Crippen LogP contribution >= 0.6 is 11.3 Å². The van der Waals surface area contributed by atoms with Crippen LogP contribution in [0.15, 0.2) is 24.5 Å². The van der Waals surface area contributed by atoms with E-state index >= 15 is 0 Å². The van der Waals surface area contributed by atoms with E-state index in [1.54, 1.807) is 14.2 Å². The van der Waals surface area contributed by atoms with E-state index in [0.29, 0.717) is 16.5 Å². The van der Waals surface area contributed by atoms with Crippen molar-refractivity contribution in [2.24, 2.45) is 0 Å². The lowest BCUT2D eigenvalue weighted by atomic mass is 9.99. The molecule has 144 valence electrons. The number of benzene rings is 1. The molecule has 1 atom stereocenters. The molecule has 0 bridgehead atoms. The quantitative estimate of drug-likeness (QED) is 0.591. The van der Waals surface area contributed by atoms with Crippen LogP contribution in [0.2, 0.25) is 0 Å². The van der Waals surface area contributed by atoms with E-state index in [2.05, 4.69) is 10.1 Å².